The molecule has 0 N–H and O–H groups in total. The van der Waals surface area contributed by atoms with E-state index in [1.54, 1.807) is 12.3 Å². The van der Waals surface area contributed by atoms with E-state index in [1.165, 1.54) is 7.11 Å². The van der Waals surface area contributed by atoms with Gasteiger partial charge in [-0.15, -0.1) is 0 Å². The van der Waals surface area contributed by atoms with Gasteiger partial charge in [-0.05, 0) is 18.2 Å². The van der Waals surface area contributed by atoms with Gasteiger partial charge in [0.1, 0.15) is 0 Å². The molecule has 106 valence electrons. The van der Waals surface area contributed by atoms with Crippen LogP contribution >= 0.6 is 0 Å². The van der Waals surface area contributed by atoms with Gasteiger partial charge < -0.3 is 9.47 Å². The number of hydrogen-bond donors (Lipinski definition) is 0. The molecule has 1 aromatic heterocycles. The van der Waals surface area contributed by atoms with Crippen LogP contribution in [0.25, 0.3) is 10.9 Å². The molecule has 6 nitrogen and oxygen atoms in total. The van der Waals surface area contributed by atoms with Gasteiger partial charge in [-0.2, -0.15) is 5.10 Å². The number of rotatable bonds is 3. The highest BCUT2D eigenvalue weighted by atomic mass is 16.5. The molecule has 3 rings (SSSR count). The molecular formula is C14H17N3O3. The number of hydrogen-bond acceptors (Lipinski definition) is 5. The second-order valence-corrected chi connectivity index (χ2v) is 4.78. The Balaban J connectivity index is 1.84. The van der Waals surface area contributed by atoms with Gasteiger partial charge in [0.05, 0.1) is 44.3 Å². The van der Waals surface area contributed by atoms with E-state index in [0.717, 1.165) is 43.9 Å². The number of fused-ring (bicyclic) bond motifs is 1. The van der Waals surface area contributed by atoms with Crippen molar-refractivity contribution in [2.75, 3.05) is 33.4 Å². The highest BCUT2D eigenvalue weighted by molar-refractivity contribution is 5.94. The molecule has 1 fully saturated rings. The lowest BCUT2D eigenvalue weighted by Crippen LogP contribution is -2.37. The van der Waals surface area contributed by atoms with Crippen LogP contribution in [0.2, 0.25) is 0 Å². The zero-order valence-electron chi connectivity index (χ0n) is 11.4. The highest BCUT2D eigenvalue weighted by Crippen LogP contribution is 2.17. The van der Waals surface area contributed by atoms with Crippen LogP contribution in [0.1, 0.15) is 10.4 Å². The van der Waals surface area contributed by atoms with Crippen molar-refractivity contribution in [2.45, 2.75) is 6.67 Å². The van der Waals surface area contributed by atoms with Gasteiger partial charge in [0.15, 0.2) is 0 Å². The van der Waals surface area contributed by atoms with Gasteiger partial charge in [-0.3, -0.25) is 9.58 Å². The van der Waals surface area contributed by atoms with Gasteiger partial charge in [0.25, 0.3) is 0 Å². The van der Waals surface area contributed by atoms with Crippen LogP contribution in [0.3, 0.4) is 0 Å². The number of nitrogens with zero attached hydrogens (tertiary/aromatic N) is 3. The van der Waals surface area contributed by atoms with Crippen molar-refractivity contribution in [3.05, 3.63) is 30.0 Å². The lowest BCUT2D eigenvalue weighted by Gasteiger charge is -2.26. The minimum absolute atomic E-state index is 0.326. The Kier molecular flexibility index (Phi) is 3.66. The van der Waals surface area contributed by atoms with E-state index in [0.29, 0.717) is 5.56 Å². The molecule has 0 radical (unpaired) electrons. The first-order chi connectivity index (χ1) is 9.78. The maximum absolute atomic E-state index is 11.5. The fraction of sp³-hybridized carbons (Fsp3) is 0.429. The van der Waals surface area contributed by atoms with E-state index in [2.05, 4.69) is 10.00 Å². The molecule has 0 amide bonds. The van der Waals surface area contributed by atoms with Gasteiger partial charge in [0.2, 0.25) is 0 Å². The Morgan fingerprint density at radius 2 is 2.20 bits per heavy atom. The number of morpholine rings is 1. The van der Waals surface area contributed by atoms with Crippen LogP contribution in [0.4, 0.5) is 0 Å². The van der Waals surface area contributed by atoms with Gasteiger partial charge in [-0.1, -0.05) is 0 Å². The van der Waals surface area contributed by atoms with Crippen LogP contribution in [-0.4, -0.2) is 54.1 Å². The quantitative estimate of drug-likeness (QED) is 0.785. The predicted octanol–water partition coefficient (Wildman–Crippen LogP) is 1.11. The standard InChI is InChI=1S/C14H17N3O3/c1-19-14(18)11-2-3-13-12(8-11)9-15-17(13)10-16-4-6-20-7-5-16/h2-3,8-9H,4-7,10H2,1H3. The van der Waals surface area contributed by atoms with Crippen molar-refractivity contribution in [1.29, 1.82) is 0 Å². The third-order valence-corrected chi connectivity index (χ3v) is 3.50. The van der Waals surface area contributed by atoms with Crippen molar-refractivity contribution in [3.8, 4) is 0 Å². The van der Waals surface area contributed by atoms with Crippen molar-refractivity contribution in [3.63, 3.8) is 0 Å². The Bertz CT molecular complexity index is 617. The van der Waals surface area contributed by atoms with E-state index in [4.69, 9.17) is 9.47 Å². The van der Waals surface area contributed by atoms with Crippen molar-refractivity contribution < 1.29 is 14.3 Å². The summed E-state index contributed by atoms with van der Waals surface area (Å²) in [5.41, 5.74) is 1.56. The molecule has 20 heavy (non-hydrogen) atoms. The largest absolute Gasteiger partial charge is 0.465 e. The predicted molar refractivity (Wildman–Crippen MR) is 73.5 cm³/mol. The number of carbonyl (C=O) groups excluding carboxylic acids is 1. The number of methoxy groups -OCH3 is 1. The summed E-state index contributed by atoms with van der Waals surface area (Å²) in [6, 6.07) is 5.49. The lowest BCUT2D eigenvalue weighted by molar-refractivity contribution is 0.0221. The van der Waals surface area contributed by atoms with Gasteiger partial charge in [0, 0.05) is 18.5 Å². The topological polar surface area (TPSA) is 56.6 Å². The zero-order chi connectivity index (χ0) is 13.9. The second kappa shape index (κ2) is 5.60. The van der Waals surface area contributed by atoms with Crippen LogP contribution in [0.15, 0.2) is 24.4 Å². The van der Waals surface area contributed by atoms with E-state index in [9.17, 15) is 4.79 Å². The third-order valence-electron chi connectivity index (χ3n) is 3.50. The smallest absolute Gasteiger partial charge is 0.337 e. The molecule has 0 spiro atoms. The van der Waals surface area contributed by atoms with E-state index in [-0.39, 0.29) is 5.97 Å². The Labute approximate surface area is 116 Å². The normalized spacial score (nSPS) is 16.4. The number of ether oxygens (including phenoxy) is 2. The van der Waals surface area contributed by atoms with E-state index >= 15 is 0 Å². The maximum Gasteiger partial charge on any atom is 0.337 e. The minimum atomic E-state index is -0.326. The van der Waals surface area contributed by atoms with Crippen molar-refractivity contribution in [1.82, 2.24) is 14.7 Å². The summed E-state index contributed by atoms with van der Waals surface area (Å²) in [6.45, 7) is 4.12. The average Bonchev–Trinajstić information content (AvgIpc) is 2.90. The van der Waals surface area contributed by atoms with Gasteiger partial charge >= 0.3 is 5.97 Å². The molecule has 2 aromatic rings. The molecule has 1 aromatic carbocycles. The van der Waals surface area contributed by atoms with E-state index < -0.39 is 0 Å². The molecule has 2 heterocycles. The summed E-state index contributed by atoms with van der Waals surface area (Å²) in [4.78, 5) is 13.8. The number of esters is 1. The summed E-state index contributed by atoms with van der Waals surface area (Å²) in [5.74, 6) is -0.326. The number of aromatic nitrogens is 2. The SMILES string of the molecule is COC(=O)c1ccc2c(cnn2CN2CCOCC2)c1. The first-order valence-electron chi connectivity index (χ1n) is 6.62. The molecule has 0 bridgehead atoms. The molecule has 6 heteroatoms. The molecule has 0 saturated carbocycles. The van der Waals surface area contributed by atoms with Crippen molar-refractivity contribution in [2.24, 2.45) is 0 Å². The van der Waals surface area contributed by atoms with Crippen LogP contribution < -0.4 is 0 Å². The van der Waals surface area contributed by atoms with Crippen LogP contribution in [-0.2, 0) is 16.1 Å². The summed E-state index contributed by atoms with van der Waals surface area (Å²) >= 11 is 0. The Morgan fingerprint density at radius 3 is 2.95 bits per heavy atom. The molecule has 0 aliphatic carbocycles. The molecule has 0 unspecified atom stereocenters. The monoisotopic (exact) mass is 275 g/mol. The fourth-order valence-corrected chi connectivity index (χ4v) is 2.38. The van der Waals surface area contributed by atoms with Gasteiger partial charge in [-0.25, -0.2) is 4.79 Å². The van der Waals surface area contributed by atoms with Crippen molar-refractivity contribution >= 4 is 16.9 Å². The first-order valence-corrected chi connectivity index (χ1v) is 6.62. The Hall–Kier alpha value is -1.92. The van der Waals surface area contributed by atoms with E-state index in [1.807, 2.05) is 16.8 Å². The fourth-order valence-electron chi connectivity index (χ4n) is 2.38. The molecule has 0 atom stereocenters. The lowest BCUT2D eigenvalue weighted by atomic mass is 10.1. The molecule has 1 aliphatic heterocycles. The molecular weight excluding hydrogens is 258 g/mol. The maximum atomic E-state index is 11.5. The summed E-state index contributed by atoms with van der Waals surface area (Å²) in [5, 5.41) is 5.34. The summed E-state index contributed by atoms with van der Waals surface area (Å²) in [7, 11) is 1.38. The number of carbonyl (C=O) groups is 1. The van der Waals surface area contributed by atoms with Crippen LogP contribution in [0, 0.1) is 0 Å². The summed E-state index contributed by atoms with van der Waals surface area (Å²) in [6.07, 6.45) is 1.78. The third kappa shape index (κ3) is 2.52. The molecule has 1 aliphatic rings. The first kappa shape index (κ1) is 13.1. The Morgan fingerprint density at radius 1 is 1.40 bits per heavy atom. The second-order valence-electron chi connectivity index (χ2n) is 4.78. The molecule has 1 saturated heterocycles. The minimum Gasteiger partial charge on any atom is -0.465 e. The zero-order valence-corrected chi connectivity index (χ0v) is 11.4. The average molecular weight is 275 g/mol. The highest BCUT2D eigenvalue weighted by Gasteiger charge is 2.13. The van der Waals surface area contributed by atoms with Crippen LogP contribution in [0.5, 0.6) is 0 Å². The number of benzene rings is 1. The summed E-state index contributed by atoms with van der Waals surface area (Å²) < 4.78 is 12.0.